The van der Waals surface area contributed by atoms with Crippen molar-refractivity contribution in [1.82, 2.24) is 0 Å². The Labute approximate surface area is 92.6 Å². The van der Waals surface area contributed by atoms with E-state index in [1.807, 2.05) is 0 Å². The Bertz CT molecular complexity index is 275. The molecule has 0 radical (unpaired) electrons. The molecule has 0 aliphatic rings. The first-order chi connectivity index (χ1) is 6.46. The molecule has 0 spiro atoms. The third-order valence-electron chi connectivity index (χ3n) is 3.90. The molecule has 0 aliphatic carbocycles. The molecule has 0 nitrogen and oxygen atoms in total. The Hall–Kier alpha value is 0.0187. The van der Waals surface area contributed by atoms with Crippen LogP contribution in [0.5, 0.6) is 0 Å². The van der Waals surface area contributed by atoms with Gasteiger partial charge in [0.1, 0.15) is 0 Å². The summed E-state index contributed by atoms with van der Waals surface area (Å²) in [5, 5.41) is 0. The molecule has 0 fully saturated rings. The van der Waals surface area contributed by atoms with E-state index in [9.17, 15) is 0 Å². The van der Waals surface area contributed by atoms with E-state index in [0.29, 0.717) is 0 Å². The van der Waals surface area contributed by atoms with Gasteiger partial charge in [0.2, 0.25) is 0 Å². The molecule has 1 rings (SSSR count). The maximum atomic E-state index is 2.57. The standard InChI is InChI=1S/C8H9.C3H7.2CH3.Sn/c1-2-8-6-4-3-5-7-8;1-3-2;;;/h2-7H,1H3;3H,1-2H3;2*1H3;. The molecule has 0 saturated carbocycles. The van der Waals surface area contributed by atoms with Crippen LogP contribution in [0.15, 0.2) is 30.3 Å². The zero-order chi connectivity index (χ0) is 10.8. The molecule has 0 saturated heterocycles. The fourth-order valence-corrected chi connectivity index (χ4v) is 7.53. The summed E-state index contributed by atoms with van der Waals surface area (Å²) in [7, 11) is 0. The molecule has 14 heavy (non-hydrogen) atoms. The second kappa shape index (κ2) is 4.69. The molecule has 0 bridgehead atoms. The Balaban J connectivity index is 2.90. The first-order valence-corrected chi connectivity index (χ1v) is 14.5. The van der Waals surface area contributed by atoms with Gasteiger partial charge in [0.25, 0.3) is 0 Å². The summed E-state index contributed by atoms with van der Waals surface area (Å²) in [6, 6.07) is 11.0. The van der Waals surface area contributed by atoms with E-state index < -0.39 is 18.4 Å². The minimum absolute atomic E-state index is 0.825. The fourth-order valence-electron chi connectivity index (χ4n) is 1.67. The Kier molecular flexibility index (Phi) is 4.05. The predicted octanol–water partition coefficient (Wildman–Crippen LogP) is 4.45. The molecule has 1 aromatic carbocycles. The first kappa shape index (κ1) is 12.1. The van der Waals surface area contributed by atoms with E-state index in [1.54, 1.807) is 5.56 Å². The van der Waals surface area contributed by atoms with Crippen LogP contribution >= 0.6 is 0 Å². The molecular formula is C13H22Sn. The van der Waals surface area contributed by atoms with Crippen LogP contribution in [0.2, 0.25) is 13.8 Å². The Morgan fingerprint density at radius 2 is 1.43 bits per heavy atom. The predicted molar refractivity (Wildman–Crippen MR) is 67.4 cm³/mol. The van der Waals surface area contributed by atoms with E-state index in [1.165, 1.54) is 0 Å². The molecule has 1 heteroatoms. The summed E-state index contributed by atoms with van der Waals surface area (Å²) in [5.74, 6) is 0. The molecule has 1 aromatic rings. The van der Waals surface area contributed by atoms with E-state index in [2.05, 4.69) is 61.0 Å². The van der Waals surface area contributed by atoms with Crippen LogP contribution in [0.4, 0.5) is 0 Å². The molecule has 0 heterocycles. The number of hydrogen-bond donors (Lipinski definition) is 0. The van der Waals surface area contributed by atoms with Gasteiger partial charge in [-0.1, -0.05) is 0 Å². The summed E-state index contributed by atoms with van der Waals surface area (Å²) in [6.07, 6.45) is 0. The van der Waals surface area contributed by atoms with Gasteiger partial charge in [0.05, 0.1) is 0 Å². The summed E-state index contributed by atoms with van der Waals surface area (Å²) in [6.45, 7) is 7.22. The van der Waals surface area contributed by atoms with Gasteiger partial charge in [-0.05, 0) is 0 Å². The van der Waals surface area contributed by atoms with Gasteiger partial charge in [0.15, 0.2) is 0 Å². The number of benzene rings is 1. The number of hydrogen-bond acceptors (Lipinski definition) is 0. The topological polar surface area (TPSA) is 0 Å². The quantitative estimate of drug-likeness (QED) is 0.723. The average Bonchev–Trinajstić information content (AvgIpc) is 2.17. The van der Waals surface area contributed by atoms with Crippen LogP contribution in [0.1, 0.15) is 30.3 Å². The zero-order valence-corrected chi connectivity index (χ0v) is 12.9. The Morgan fingerprint density at radius 1 is 0.929 bits per heavy atom. The van der Waals surface area contributed by atoms with Crippen molar-refractivity contribution in [3.63, 3.8) is 0 Å². The summed E-state index contributed by atoms with van der Waals surface area (Å²) in [4.78, 5) is 5.13. The van der Waals surface area contributed by atoms with Gasteiger partial charge in [-0.15, -0.1) is 0 Å². The van der Waals surface area contributed by atoms with Crippen LogP contribution in [0.3, 0.4) is 0 Å². The van der Waals surface area contributed by atoms with Crippen molar-refractivity contribution in [2.45, 2.75) is 38.5 Å². The monoisotopic (exact) mass is 298 g/mol. The van der Waals surface area contributed by atoms with Crippen molar-refractivity contribution in [3.05, 3.63) is 35.9 Å². The van der Waals surface area contributed by atoms with Gasteiger partial charge in [0, 0.05) is 0 Å². The van der Waals surface area contributed by atoms with E-state index >= 15 is 0 Å². The second-order valence-corrected chi connectivity index (χ2v) is 21.3. The van der Waals surface area contributed by atoms with Crippen LogP contribution < -0.4 is 0 Å². The SMILES string of the molecule is C[CH](C)[Sn]([CH3])([CH3])[CH](C)c1ccccc1. The van der Waals surface area contributed by atoms with Crippen molar-refractivity contribution >= 4 is 18.4 Å². The van der Waals surface area contributed by atoms with E-state index in [-0.39, 0.29) is 0 Å². The fraction of sp³-hybridized carbons (Fsp3) is 0.538. The van der Waals surface area contributed by atoms with Crippen LogP contribution in [0.25, 0.3) is 0 Å². The van der Waals surface area contributed by atoms with Gasteiger partial charge in [-0.25, -0.2) is 0 Å². The van der Waals surface area contributed by atoms with Crippen molar-refractivity contribution < 1.29 is 0 Å². The normalized spacial score (nSPS) is 14.4. The van der Waals surface area contributed by atoms with Gasteiger partial charge in [-0.3, -0.25) is 0 Å². The van der Waals surface area contributed by atoms with Crippen LogP contribution in [0, 0.1) is 0 Å². The third kappa shape index (κ3) is 2.53. The van der Waals surface area contributed by atoms with Crippen molar-refractivity contribution in [2.24, 2.45) is 0 Å². The van der Waals surface area contributed by atoms with E-state index in [0.717, 1.165) is 7.87 Å². The van der Waals surface area contributed by atoms with Crippen molar-refractivity contribution in [1.29, 1.82) is 0 Å². The zero-order valence-electron chi connectivity index (χ0n) is 10.0. The van der Waals surface area contributed by atoms with Crippen LogP contribution in [-0.4, -0.2) is 18.4 Å². The van der Waals surface area contributed by atoms with Gasteiger partial charge < -0.3 is 0 Å². The molecule has 0 N–H and O–H groups in total. The van der Waals surface area contributed by atoms with Gasteiger partial charge in [-0.2, -0.15) is 0 Å². The molecular weight excluding hydrogens is 275 g/mol. The summed E-state index contributed by atoms with van der Waals surface area (Å²) < 4.78 is 1.74. The van der Waals surface area contributed by atoms with Crippen molar-refractivity contribution in [3.8, 4) is 0 Å². The second-order valence-electron chi connectivity index (χ2n) is 5.11. The number of rotatable bonds is 3. The first-order valence-electron chi connectivity index (χ1n) is 5.51. The molecule has 0 amide bonds. The molecule has 0 aromatic heterocycles. The molecule has 1 unspecified atom stereocenters. The summed E-state index contributed by atoms with van der Waals surface area (Å²) in [5.41, 5.74) is 1.54. The molecule has 78 valence electrons. The van der Waals surface area contributed by atoms with E-state index in [4.69, 9.17) is 0 Å². The Morgan fingerprint density at radius 3 is 1.86 bits per heavy atom. The summed E-state index contributed by atoms with van der Waals surface area (Å²) >= 11 is -1.89. The van der Waals surface area contributed by atoms with Crippen LogP contribution in [-0.2, 0) is 0 Å². The van der Waals surface area contributed by atoms with Crippen molar-refractivity contribution in [2.75, 3.05) is 0 Å². The third-order valence-corrected chi connectivity index (χ3v) is 19.7. The molecule has 1 atom stereocenters. The van der Waals surface area contributed by atoms with Gasteiger partial charge >= 0.3 is 92.8 Å². The molecule has 0 aliphatic heterocycles. The maximum absolute atomic E-state index is 2.57. The minimum atomic E-state index is -1.89. The average molecular weight is 297 g/mol.